The van der Waals surface area contributed by atoms with E-state index in [0.717, 1.165) is 97.9 Å². The minimum absolute atomic E-state index is 0.0537. The van der Waals surface area contributed by atoms with Crippen molar-refractivity contribution in [2.45, 2.75) is 83.3 Å². The number of aromatic nitrogens is 4. The second-order valence-electron chi connectivity index (χ2n) is 20.0. The Morgan fingerprint density at radius 1 is 0.932 bits per heavy atom. The summed E-state index contributed by atoms with van der Waals surface area (Å²) < 4.78 is 12.2. The molecular formula is C54H69N13O6S. The maximum Gasteiger partial charge on any atom is 0.246 e. The Morgan fingerprint density at radius 3 is 2.32 bits per heavy atom. The zero-order chi connectivity index (χ0) is 51.9. The number of anilines is 3. The minimum Gasteiger partial charge on any atom is -0.507 e. The number of thiazole rings is 1. The number of nitrogens with zero attached hydrogens (tertiary/aromatic N) is 9. The molecule has 4 aliphatic rings. The average Bonchev–Trinajstić information content (AvgIpc) is 4.10. The van der Waals surface area contributed by atoms with Crippen molar-refractivity contribution >= 4 is 46.6 Å². The third kappa shape index (κ3) is 12.0. The number of carbonyl (C=O) groups excluding carboxylic acids is 2. The van der Waals surface area contributed by atoms with Gasteiger partial charge in [-0.15, -0.1) is 21.5 Å². The minimum atomic E-state index is -0.825. The number of likely N-dealkylation sites (tertiary alicyclic amines) is 1. The molecule has 4 saturated heterocycles. The molecule has 7 heterocycles. The van der Waals surface area contributed by atoms with Gasteiger partial charge in [0, 0.05) is 107 Å². The topological polar surface area (TPSA) is 235 Å². The molecule has 4 fully saturated rings. The van der Waals surface area contributed by atoms with Gasteiger partial charge in [-0.3, -0.25) is 19.4 Å². The SMILES string of the molecule is Cc1ncsc1-c1ccc([C@H](C)NC(=O)[C@@H]2C[C@@H](O)CN2C(=O)[C@H](N/C=C(\C=N)OCCN2CCN(CCOc3cc(N4C5CCC4CN(c4cc(-c6ccccc6O)nnc4N)C5)ccn3)CC2)C(C)C)cc1. The molecule has 2 unspecified atom stereocenters. The maximum absolute atomic E-state index is 14.1. The van der Waals surface area contributed by atoms with Crippen LogP contribution in [0, 0.1) is 18.3 Å². The first kappa shape index (κ1) is 52.0. The number of aliphatic hydroxyl groups excluding tert-OH is 1. The fourth-order valence-electron chi connectivity index (χ4n) is 10.7. The van der Waals surface area contributed by atoms with Crippen molar-refractivity contribution in [1.29, 1.82) is 5.41 Å². The third-order valence-electron chi connectivity index (χ3n) is 14.7. The number of nitrogens with one attached hydrogen (secondary N) is 3. The summed E-state index contributed by atoms with van der Waals surface area (Å²) in [5, 5.41) is 43.9. The standard InChI is InChI=1S/C54H69N13O6S/c1-34(2)50(54(71)66-32-42(68)26-47(66)53(70)60-35(3)37-9-11-38(12-10-37)51-36(4)59-33-74-51)58-29-43(28-55)72-23-21-63-17-19-64(20-18-63)22-24-73-49-25-39(15-16-57-49)67-40-13-14-41(67)31-65(30-40)46-27-45(61-62-52(46)56)44-7-5-6-8-48(44)69/h5-12,15-16,25,27-29,33-35,40-42,47,50,55,58,68-69H,13-14,17-24,26,30-32H2,1-4H3,(H2,56,62)(H,60,70)/b43-29+,55-28?/t35-,40?,41?,42+,47-,50+/m0/s1. The number of pyridine rings is 1. The number of nitrogens with two attached hydrogens (primary N) is 1. The molecule has 0 aliphatic carbocycles. The van der Waals surface area contributed by atoms with E-state index in [0.29, 0.717) is 48.5 Å². The number of piperazine rings is 2. The van der Waals surface area contributed by atoms with Crippen molar-refractivity contribution in [3.8, 4) is 33.3 Å². The number of allylic oxidation sites excluding steroid dienone is 1. The van der Waals surface area contributed by atoms with E-state index in [1.165, 1.54) is 4.90 Å². The highest BCUT2D eigenvalue weighted by Crippen LogP contribution is 2.40. The van der Waals surface area contributed by atoms with Crippen LogP contribution in [-0.2, 0) is 14.3 Å². The predicted octanol–water partition coefficient (Wildman–Crippen LogP) is 5.07. The molecule has 9 rings (SSSR count). The largest absolute Gasteiger partial charge is 0.507 e. The number of nitrogen functional groups attached to an aromatic ring is 1. The number of aryl methyl sites for hydroxylation is 1. The van der Waals surface area contributed by atoms with Gasteiger partial charge in [0.15, 0.2) is 11.6 Å². The molecule has 19 nitrogen and oxygen atoms in total. The first-order valence-electron chi connectivity index (χ1n) is 25.7. The molecule has 20 heteroatoms. The van der Waals surface area contributed by atoms with Crippen LogP contribution in [0.1, 0.15) is 57.3 Å². The number of ether oxygens (including phenoxy) is 2. The molecule has 3 aromatic heterocycles. The number of amides is 2. The molecule has 0 saturated carbocycles. The van der Waals surface area contributed by atoms with Crippen molar-refractivity contribution in [2.75, 3.05) is 87.7 Å². The van der Waals surface area contributed by atoms with Crippen LogP contribution in [0.4, 0.5) is 17.2 Å². The van der Waals surface area contributed by atoms with Gasteiger partial charge in [-0.25, -0.2) is 9.97 Å². The molecule has 4 aliphatic heterocycles. The molecule has 392 valence electrons. The van der Waals surface area contributed by atoms with Gasteiger partial charge in [0.05, 0.1) is 45.8 Å². The number of hydrogen-bond donors (Lipinski definition) is 6. The lowest BCUT2D eigenvalue weighted by molar-refractivity contribution is -0.141. The summed E-state index contributed by atoms with van der Waals surface area (Å²) in [4.78, 5) is 48.8. The van der Waals surface area contributed by atoms with E-state index >= 15 is 0 Å². The fourth-order valence-corrected chi connectivity index (χ4v) is 11.5. The number of β-amino-alcohol motifs (C(OH)–C–C–N with tert-alkyl or cyclic N) is 1. The second kappa shape index (κ2) is 23.6. The summed E-state index contributed by atoms with van der Waals surface area (Å²) in [6.07, 6.45) is 5.94. The molecule has 2 amide bonds. The van der Waals surface area contributed by atoms with Gasteiger partial charge >= 0.3 is 0 Å². The Hall–Kier alpha value is -6.87. The van der Waals surface area contributed by atoms with E-state index in [-0.39, 0.29) is 54.6 Å². The van der Waals surface area contributed by atoms with E-state index in [1.807, 2.05) is 81.9 Å². The number of aliphatic hydroxyl groups is 1. The summed E-state index contributed by atoms with van der Waals surface area (Å²) in [6.45, 7) is 15.2. The van der Waals surface area contributed by atoms with Crippen LogP contribution in [-0.4, -0.2) is 165 Å². The normalized spacial score (nSPS) is 21.2. The van der Waals surface area contributed by atoms with Gasteiger partial charge < -0.3 is 56.2 Å². The maximum atomic E-state index is 14.1. The van der Waals surface area contributed by atoms with E-state index < -0.39 is 18.2 Å². The van der Waals surface area contributed by atoms with Crippen molar-refractivity contribution < 1.29 is 29.3 Å². The van der Waals surface area contributed by atoms with Gasteiger partial charge in [0.2, 0.25) is 17.7 Å². The summed E-state index contributed by atoms with van der Waals surface area (Å²) in [6, 6.07) is 19.9. The second-order valence-corrected chi connectivity index (χ2v) is 20.9. The number of phenols is 1. The van der Waals surface area contributed by atoms with Gasteiger partial charge in [-0.2, -0.15) is 0 Å². The quantitative estimate of drug-likeness (QED) is 0.0441. The summed E-state index contributed by atoms with van der Waals surface area (Å²) in [5.41, 5.74) is 14.3. The highest BCUT2D eigenvalue weighted by Gasteiger charge is 2.43. The zero-order valence-corrected chi connectivity index (χ0v) is 43.5. The van der Waals surface area contributed by atoms with Crippen LogP contribution in [0.2, 0.25) is 0 Å². The average molecular weight is 1030 g/mol. The monoisotopic (exact) mass is 1030 g/mol. The Bertz CT molecular complexity index is 2750. The van der Waals surface area contributed by atoms with Crippen molar-refractivity contribution in [3.05, 3.63) is 102 Å². The molecule has 2 aromatic carbocycles. The number of rotatable bonds is 20. The summed E-state index contributed by atoms with van der Waals surface area (Å²) in [7, 11) is 0. The number of hydrogen-bond acceptors (Lipinski definition) is 18. The van der Waals surface area contributed by atoms with Gasteiger partial charge in [-0.05, 0) is 68.0 Å². The molecule has 6 atom stereocenters. The Labute approximate surface area is 436 Å². The fraction of sp³-hybridized carbons (Fsp3) is 0.463. The molecule has 0 spiro atoms. The lowest BCUT2D eigenvalue weighted by Gasteiger charge is -2.43. The molecular weight excluding hydrogens is 959 g/mol. The number of phenolic OH excluding ortho intramolecular Hbond substituents is 1. The highest BCUT2D eigenvalue weighted by atomic mass is 32.1. The lowest BCUT2D eigenvalue weighted by atomic mass is 10.0. The zero-order valence-electron chi connectivity index (χ0n) is 42.6. The van der Waals surface area contributed by atoms with E-state index in [9.17, 15) is 19.8 Å². The van der Waals surface area contributed by atoms with Crippen LogP contribution >= 0.6 is 11.3 Å². The molecule has 7 N–H and O–H groups in total. The van der Waals surface area contributed by atoms with Crippen molar-refractivity contribution in [3.63, 3.8) is 0 Å². The van der Waals surface area contributed by atoms with Crippen LogP contribution in [0.25, 0.3) is 21.7 Å². The predicted molar refractivity (Wildman–Crippen MR) is 287 cm³/mol. The molecule has 2 bridgehead atoms. The van der Waals surface area contributed by atoms with E-state index in [4.69, 9.17) is 20.6 Å². The molecule has 74 heavy (non-hydrogen) atoms. The van der Waals surface area contributed by atoms with E-state index in [2.05, 4.69) is 62.5 Å². The summed E-state index contributed by atoms with van der Waals surface area (Å²) >= 11 is 1.59. The van der Waals surface area contributed by atoms with Crippen LogP contribution < -0.4 is 30.9 Å². The van der Waals surface area contributed by atoms with Gasteiger partial charge in [0.25, 0.3) is 0 Å². The first-order chi connectivity index (χ1) is 35.8. The van der Waals surface area contributed by atoms with Crippen molar-refractivity contribution in [1.82, 2.24) is 45.5 Å². The smallest absolute Gasteiger partial charge is 0.246 e. The number of para-hydroxylation sites is 1. The number of benzene rings is 2. The molecule has 5 aromatic rings. The Kier molecular flexibility index (Phi) is 16.6. The number of aromatic hydroxyl groups is 1. The number of fused-ring (bicyclic) bond motifs is 2. The van der Waals surface area contributed by atoms with Gasteiger partial charge in [-0.1, -0.05) is 50.2 Å². The molecule has 0 radical (unpaired) electrons. The highest BCUT2D eigenvalue weighted by molar-refractivity contribution is 7.13. The summed E-state index contributed by atoms with van der Waals surface area (Å²) in [5.74, 6) is 0.653. The van der Waals surface area contributed by atoms with Gasteiger partial charge in [0.1, 0.15) is 31.0 Å². The van der Waals surface area contributed by atoms with Crippen LogP contribution in [0.15, 0.2) is 90.4 Å². The van der Waals surface area contributed by atoms with Crippen molar-refractivity contribution in [2.24, 2.45) is 5.92 Å². The Balaban J connectivity index is 0.696. The van der Waals surface area contributed by atoms with Crippen LogP contribution in [0.3, 0.4) is 0 Å². The van der Waals surface area contributed by atoms with Crippen LogP contribution in [0.5, 0.6) is 11.6 Å². The lowest BCUT2D eigenvalue weighted by Crippen LogP contribution is -2.54. The Morgan fingerprint density at radius 2 is 1.65 bits per heavy atom. The first-order valence-corrected chi connectivity index (χ1v) is 26.6. The third-order valence-corrected chi connectivity index (χ3v) is 15.7. The number of carbonyl (C=O) groups is 2. The van der Waals surface area contributed by atoms with E-state index in [1.54, 1.807) is 29.7 Å².